The number of rotatable bonds is 6. The average molecular weight is 433 g/mol. The normalized spacial score (nSPS) is 42.1. The van der Waals surface area contributed by atoms with E-state index in [2.05, 4.69) is 0 Å². The molecule has 2 aliphatic rings. The Morgan fingerprint density at radius 1 is 0.800 bits per heavy atom. The highest BCUT2D eigenvalue weighted by Crippen LogP contribution is 2.32. The zero-order chi connectivity index (χ0) is 22.0. The van der Waals surface area contributed by atoms with Crippen LogP contribution in [0.5, 0.6) is 5.75 Å². The van der Waals surface area contributed by atoms with Gasteiger partial charge in [0.2, 0.25) is 0 Å². The second-order valence-corrected chi connectivity index (χ2v) is 7.16. The maximum Gasteiger partial charge on any atom is 0.195 e. The maximum absolute atomic E-state index is 10.6. The van der Waals surface area contributed by atoms with Crippen LogP contribution in [0.2, 0.25) is 0 Å². The molecule has 1 aromatic rings. The van der Waals surface area contributed by atoms with Crippen molar-refractivity contribution < 1.29 is 54.7 Å². The van der Waals surface area contributed by atoms with Gasteiger partial charge in [-0.2, -0.15) is 0 Å². The molecule has 30 heavy (non-hydrogen) atoms. The van der Waals surface area contributed by atoms with Crippen molar-refractivity contribution in [1.29, 1.82) is 0 Å². The lowest BCUT2D eigenvalue weighted by atomic mass is 9.97. The second-order valence-electron chi connectivity index (χ2n) is 7.16. The molecule has 0 aliphatic carbocycles. The zero-order valence-electron chi connectivity index (χ0n) is 15.8. The maximum atomic E-state index is 10.6. The number of ether oxygens (including phenoxy) is 4. The van der Waals surface area contributed by atoms with Crippen LogP contribution in [0.3, 0.4) is 0 Å². The van der Waals surface area contributed by atoms with Gasteiger partial charge < -0.3 is 60.4 Å². The molecule has 10 atom stereocenters. The molecule has 9 N–H and O–H groups in total. The molecule has 170 valence electrons. The Morgan fingerprint density at radius 2 is 1.43 bits per heavy atom. The molecule has 0 aromatic heterocycles. The number of para-hydroxylation sites is 2. The molecule has 12 nitrogen and oxygen atoms in total. The lowest BCUT2D eigenvalue weighted by Crippen LogP contribution is -2.65. The molecule has 1 aromatic carbocycles. The third-order valence-electron chi connectivity index (χ3n) is 5.14. The van der Waals surface area contributed by atoms with Crippen LogP contribution in [0.25, 0.3) is 0 Å². The summed E-state index contributed by atoms with van der Waals surface area (Å²) >= 11 is 0. The van der Waals surface area contributed by atoms with Gasteiger partial charge in [0, 0.05) is 0 Å². The number of nitrogen functional groups attached to an aromatic ring is 1. The van der Waals surface area contributed by atoms with Crippen molar-refractivity contribution in [1.82, 2.24) is 0 Å². The van der Waals surface area contributed by atoms with E-state index in [1.54, 1.807) is 18.2 Å². The van der Waals surface area contributed by atoms with Crippen molar-refractivity contribution in [2.75, 3.05) is 18.9 Å². The van der Waals surface area contributed by atoms with E-state index >= 15 is 0 Å². The first-order valence-electron chi connectivity index (χ1n) is 9.38. The number of benzene rings is 1. The van der Waals surface area contributed by atoms with Gasteiger partial charge in [-0.25, -0.2) is 0 Å². The third-order valence-corrected chi connectivity index (χ3v) is 5.14. The van der Waals surface area contributed by atoms with Crippen molar-refractivity contribution in [2.45, 2.75) is 61.4 Å². The summed E-state index contributed by atoms with van der Waals surface area (Å²) in [4.78, 5) is 0. The minimum absolute atomic E-state index is 0.155. The molecule has 0 saturated carbocycles. The van der Waals surface area contributed by atoms with Crippen LogP contribution in [0.15, 0.2) is 24.3 Å². The Balaban J connectivity index is 1.85. The van der Waals surface area contributed by atoms with Crippen LogP contribution in [0, 0.1) is 0 Å². The summed E-state index contributed by atoms with van der Waals surface area (Å²) in [5.41, 5.74) is 6.08. The van der Waals surface area contributed by atoms with E-state index in [0.29, 0.717) is 0 Å². The Kier molecular flexibility index (Phi) is 7.47. The van der Waals surface area contributed by atoms with Crippen LogP contribution < -0.4 is 10.5 Å². The van der Waals surface area contributed by atoms with Gasteiger partial charge in [0.1, 0.15) is 48.5 Å². The van der Waals surface area contributed by atoms with Crippen LogP contribution >= 0.6 is 0 Å². The Labute approximate surface area is 171 Å². The van der Waals surface area contributed by atoms with Crippen LogP contribution in [-0.4, -0.2) is 110 Å². The van der Waals surface area contributed by atoms with Crippen LogP contribution in [-0.2, 0) is 14.2 Å². The van der Waals surface area contributed by atoms with Gasteiger partial charge in [-0.05, 0) is 12.1 Å². The summed E-state index contributed by atoms with van der Waals surface area (Å²) < 4.78 is 21.8. The molecule has 2 heterocycles. The smallest absolute Gasteiger partial charge is 0.195 e. The van der Waals surface area contributed by atoms with Gasteiger partial charge in [0.15, 0.2) is 18.7 Å². The summed E-state index contributed by atoms with van der Waals surface area (Å²) in [6, 6.07) is 6.35. The summed E-state index contributed by atoms with van der Waals surface area (Å²) in [6.45, 7) is -1.34. The summed E-state index contributed by atoms with van der Waals surface area (Å²) in [6.07, 6.45) is -15.2. The van der Waals surface area contributed by atoms with Gasteiger partial charge in [0.25, 0.3) is 0 Å². The number of anilines is 1. The number of hydrogen-bond acceptors (Lipinski definition) is 12. The molecular weight excluding hydrogens is 406 g/mol. The van der Waals surface area contributed by atoms with E-state index in [9.17, 15) is 35.7 Å². The minimum Gasteiger partial charge on any atom is -0.480 e. The first kappa shape index (κ1) is 23.1. The van der Waals surface area contributed by atoms with E-state index < -0.39 is 74.6 Å². The topological polar surface area (TPSA) is 205 Å². The largest absolute Gasteiger partial charge is 0.480 e. The first-order chi connectivity index (χ1) is 14.3. The molecule has 0 radical (unpaired) electrons. The molecule has 2 aliphatic heterocycles. The lowest BCUT2D eigenvalue weighted by molar-refractivity contribution is -0.352. The Bertz CT molecular complexity index is 692. The number of nitrogens with two attached hydrogens (primary N) is 1. The predicted octanol–water partition coefficient (Wildman–Crippen LogP) is -3.73. The second kappa shape index (κ2) is 9.70. The highest BCUT2D eigenvalue weighted by molar-refractivity contribution is 5.52. The van der Waals surface area contributed by atoms with Gasteiger partial charge in [-0.3, -0.25) is 0 Å². The lowest BCUT2D eigenvalue weighted by Gasteiger charge is -2.46. The fourth-order valence-electron chi connectivity index (χ4n) is 3.41. The highest BCUT2D eigenvalue weighted by Gasteiger charge is 2.51. The van der Waals surface area contributed by atoms with Crippen molar-refractivity contribution >= 4 is 5.69 Å². The quantitative estimate of drug-likeness (QED) is 0.204. The van der Waals surface area contributed by atoms with Crippen molar-refractivity contribution in [3.8, 4) is 5.75 Å². The number of hydrogen-bond donors (Lipinski definition) is 8. The van der Waals surface area contributed by atoms with E-state index in [0.717, 1.165) is 0 Å². The molecular formula is C18H27NO11. The van der Waals surface area contributed by atoms with Gasteiger partial charge in [0.05, 0.1) is 18.9 Å². The molecule has 3 rings (SSSR count). The van der Waals surface area contributed by atoms with E-state index in [1.165, 1.54) is 6.07 Å². The summed E-state index contributed by atoms with van der Waals surface area (Å²) in [5.74, 6) is 0.155. The summed E-state index contributed by atoms with van der Waals surface area (Å²) in [7, 11) is 0. The molecule has 12 heteroatoms. The van der Waals surface area contributed by atoms with E-state index in [1.807, 2.05) is 0 Å². The number of aliphatic hydroxyl groups is 7. The molecule has 2 saturated heterocycles. The summed E-state index contributed by atoms with van der Waals surface area (Å²) in [5, 5.41) is 69.8. The van der Waals surface area contributed by atoms with Gasteiger partial charge in [-0.15, -0.1) is 0 Å². The fraction of sp³-hybridized carbons (Fsp3) is 0.667. The SMILES string of the molecule is Nc1ccccc1O[C@@H]1[C@@H](O[C@H]2O[C@H](CO)[C@H](O)[C@H](O)[C@H]2O)[C@@H](O)[C@@H](CO)O[C@@H]1O. The molecule has 0 bridgehead atoms. The number of aliphatic hydroxyl groups excluding tert-OH is 7. The first-order valence-corrected chi connectivity index (χ1v) is 9.38. The predicted molar refractivity (Wildman–Crippen MR) is 97.9 cm³/mol. The van der Waals surface area contributed by atoms with Crippen molar-refractivity contribution in [3.05, 3.63) is 24.3 Å². The molecule has 0 unspecified atom stereocenters. The monoisotopic (exact) mass is 433 g/mol. The van der Waals surface area contributed by atoms with Gasteiger partial charge >= 0.3 is 0 Å². The Morgan fingerprint density at radius 3 is 2.07 bits per heavy atom. The third kappa shape index (κ3) is 4.53. The van der Waals surface area contributed by atoms with E-state index in [-0.39, 0.29) is 11.4 Å². The molecule has 0 amide bonds. The molecule has 2 fully saturated rings. The average Bonchev–Trinajstić information content (AvgIpc) is 2.74. The molecule has 0 spiro atoms. The fourth-order valence-corrected chi connectivity index (χ4v) is 3.41. The zero-order valence-corrected chi connectivity index (χ0v) is 15.8. The van der Waals surface area contributed by atoms with Crippen LogP contribution in [0.1, 0.15) is 0 Å². The standard InChI is InChI=1S/C18H27NO11/c19-7-3-1-2-4-8(7)27-16-15(12(23)10(6-21)28-17(16)26)30-18-14(25)13(24)11(22)9(5-20)29-18/h1-4,9-18,20-26H,5-6,19H2/t9-,10-,11+,12+,13+,14-,15+,16-,17+,18-/m1/s1. The minimum atomic E-state index is -1.75. The highest BCUT2D eigenvalue weighted by atomic mass is 16.7. The Hall–Kier alpha value is -1.58. The van der Waals surface area contributed by atoms with Crippen molar-refractivity contribution in [3.63, 3.8) is 0 Å². The van der Waals surface area contributed by atoms with Gasteiger partial charge in [-0.1, -0.05) is 12.1 Å². The van der Waals surface area contributed by atoms with Crippen molar-refractivity contribution in [2.24, 2.45) is 0 Å². The van der Waals surface area contributed by atoms with Crippen LogP contribution in [0.4, 0.5) is 5.69 Å². The van der Waals surface area contributed by atoms with E-state index in [4.69, 9.17) is 24.7 Å².